The van der Waals surface area contributed by atoms with Gasteiger partial charge in [-0.3, -0.25) is 0 Å². The van der Waals surface area contributed by atoms with E-state index >= 15 is 0 Å². The number of unbranched alkanes of at least 4 members (excludes halogenated alkanes) is 1. The second kappa shape index (κ2) is 9.19. The molecule has 0 saturated heterocycles. The van der Waals surface area contributed by atoms with Gasteiger partial charge in [-0.25, -0.2) is 0 Å². The van der Waals surface area contributed by atoms with Gasteiger partial charge < -0.3 is 13.9 Å². The summed E-state index contributed by atoms with van der Waals surface area (Å²) in [5, 5.41) is 0. The van der Waals surface area contributed by atoms with Gasteiger partial charge in [-0.15, -0.1) is 0 Å². The lowest BCUT2D eigenvalue weighted by molar-refractivity contribution is -0.125. The van der Waals surface area contributed by atoms with Crippen molar-refractivity contribution in [2.24, 2.45) is 0 Å². The summed E-state index contributed by atoms with van der Waals surface area (Å²) in [5.41, 5.74) is 0. The molecule has 0 amide bonds. The predicted octanol–water partition coefficient (Wildman–Crippen LogP) is 0.463. The number of methoxy groups -OCH3 is 1. The monoisotopic (exact) mass is 192 g/mol. The fraction of sp³-hybridized carbons (Fsp3) is 1.00. The third kappa shape index (κ3) is 6.79. The first-order valence-electron chi connectivity index (χ1n) is 4.48. The van der Waals surface area contributed by atoms with Gasteiger partial charge in [0.1, 0.15) is 10.5 Å². The van der Waals surface area contributed by atoms with Crippen molar-refractivity contribution in [1.82, 2.24) is 0 Å². The summed E-state index contributed by atoms with van der Waals surface area (Å²) in [6.07, 6.45) is 3.03. The van der Waals surface area contributed by atoms with Crippen molar-refractivity contribution < 1.29 is 13.9 Å². The maximum absolute atomic E-state index is 5.42. The smallest absolute Gasteiger partial charge is 0.156 e. The highest BCUT2D eigenvalue weighted by atomic mass is 28.2. The highest BCUT2D eigenvalue weighted by Crippen LogP contribution is 2.00. The first-order chi connectivity index (χ1) is 5.85. The Kier molecular flexibility index (Phi) is 9.26. The van der Waals surface area contributed by atoms with E-state index in [1.807, 2.05) is 0 Å². The summed E-state index contributed by atoms with van der Waals surface area (Å²) in [4.78, 5) is 0. The number of ether oxygens (including phenoxy) is 2. The van der Waals surface area contributed by atoms with E-state index in [9.17, 15) is 0 Å². The molecular formula is C8H20O3Si. The normalized spacial score (nSPS) is 13.5. The van der Waals surface area contributed by atoms with Crippen LogP contribution >= 0.6 is 0 Å². The lowest BCUT2D eigenvalue weighted by Gasteiger charge is -2.13. The molecule has 74 valence electrons. The average molecular weight is 192 g/mol. The first kappa shape index (κ1) is 12.1. The maximum Gasteiger partial charge on any atom is 0.156 e. The lowest BCUT2D eigenvalue weighted by Crippen LogP contribution is -2.14. The van der Waals surface area contributed by atoms with E-state index in [0.29, 0.717) is 0 Å². The molecular weight excluding hydrogens is 172 g/mol. The minimum Gasteiger partial charge on any atom is -0.428 e. The van der Waals surface area contributed by atoms with Crippen molar-refractivity contribution in [3.05, 3.63) is 0 Å². The Hall–Kier alpha value is 0.0969. The van der Waals surface area contributed by atoms with Crippen LogP contribution in [0.5, 0.6) is 0 Å². The summed E-state index contributed by atoms with van der Waals surface area (Å²) in [5.74, 6) is 0. The molecule has 0 spiro atoms. The summed E-state index contributed by atoms with van der Waals surface area (Å²) < 4.78 is 15.5. The van der Waals surface area contributed by atoms with Crippen molar-refractivity contribution in [2.45, 2.75) is 32.5 Å². The molecule has 12 heavy (non-hydrogen) atoms. The van der Waals surface area contributed by atoms with E-state index in [1.54, 1.807) is 7.11 Å². The maximum atomic E-state index is 5.42. The Morgan fingerprint density at radius 3 is 2.42 bits per heavy atom. The van der Waals surface area contributed by atoms with Gasteiger partial charge in [0.2, 0.25) is 0 Å². The SMILES string of the molecule is CCC(OC)OCCCCO[SiH3]. The molecule has 1 atom stereocenters. The van der Waals surface area contributed by atoms with Crippen LogP contribution in [0.25, 0.3) is 0 Å². The molecule has 0 aliphatic heterocycles. The molecule has 0 N–H and O–H groups in total. The fourth-order valence-electron chi connectivity index (χ4n) is 0.916. The second-order valence-electron chi connectivity index (χ2n) is 2.64. The Balaban J connectivity index is 3.06. The third-order valence-corrected chi connectivity index (χ3v) is 2.05. The molecule has 0 radical (unpaired) electrons. The summed E-state index contributed by atoms with van der Waals surface area (Å²) >= 11 is 0. The number of hydrogen-bond acceptors (Lipinski definition) is 3. The van der Waals surface area contributed by atoms with Gasteiger partial charge in [0.15, 0.2) is 6.29 Å². The Morgan fingerprint density at radius 1 is 1.25 bits per heavy atom. The van der Waals surface area contributed by atoms with Crippen LogP contribution in [0.3, 0.4) is 0 Å². The minimum atomic E-state index is -0.0260. The summed E-state index contributed by atoms with van der Waals surface area (Å²) in [6, 6.07) is 0. The van der Waals surface area contributed by atoms with Crippen LogP contribution in [0.4, 0.5) is 0 Å². The molecule has 0 saturated carbocycles. The highest BCUT2D eigenvalue weighted by molar-refractivity contribution is 5.97. The summed E-state index contributed by atoms with van der Waals surface area (Å²) in [6.45, 7) is 3.70. The van der Waals surface area contributed by atoms with Gasteiger partial charge in [0.05, 0.1) is 0 Å². The zero-order valence-corrected chi connectivity index (χ0v) is 10.3. The quantitative estimate of drug-likeness (QED) is 0.318. The fourth-order valence-corrected chi connectivity index (χ4v) is 1.20. The van der Waals surface area contributed by atoms with Gasteiger partial charge in [0, 0.05) is 20.3 Å². The number of rotatable bonds is 8. The van der Waals surface area contributed by atoms with Crippen LogP contribution in [0.15, 0.2) is 0 Å². The highest BCUT2D eigenvalue weighted by Gasteiger charge is 2.01. The Bertz CT molecular complexity index is 86.4. The molecule has 4 heteroatoms. The topological polar surface area (TPSA) is 27.7 Å². The molecule has 0 fully saturated rings. The molecule has 0 heterocycles. The van der Waals surface area contributed by atoms with Crippen molar-refractivity contribution in [3.8, 4) is 0 Å². The number of hydrogen-bond donors (Lipinski definition) is 0. The van der Waals surface area contributed by atoms with E-state index in [4.69, 9.17) is 13.9 Å². The third-order valence-electron chi connectivity index (χ3n) is 1.64. The molecule has 0 rings (SSSR count). The molecule has 0 aromatic heterocycles. The minimum absolute atomic E-state index is 0.0260. The van der Waals surface area contributed by atoms with Crippen LogP contribution in [0, 0.1) is 0 Å². The summed E-state index contributed by atoms with van der Waals surface area (Å²) in [7, 11) is 2.52. The largest absolute Gasteiger partial charge is 0.428 e. The van der Waals surface area contributed by atoms with E-state index in [-0.39, 0.29) is 6.29 Å². The van der Waals surface area contributed by atoms with Crippen LogP contribution in [0.1, 0.15) is 26.2 Å². The van der Waals surface area contributed by atoms with E-state index in [2.05, 4.69) is 6.92 Å². The van der Waals surface area contributed by atoms with E-state index < -0.39 is 0 Å². The Labute approximate surface area is 77.9 Å². The van der Waals surface area contributed by atoms with E-state index in [1.165, 1.54) is 0 Å². The van der Waals surface area contributed by atoms with Gasteiger partial charge in [-0.05, 0) is 19.3 Å². The molecule has 0 bridgehead atoms. The van der Waals surface area contributed by atoms with Crippen molar-refractivity contribution in [3.63, 3.8) is 0 Å². The molecule has 0 aromatic carbocycles. The van der Waals surface area contributed by atoms with Crippen LogP contribution < -0.4 is 0 Å². The Morgan fingerprint density at radius 2 is 1.92 bits per heavy atom. The molecule has 0 aromatic rings. The molecule has 3 nitrogen and oxygen atoms in total. The molecule has 0 aliphatic carbocycles. The first-order valence-corrected chi connectivity index (χ1v) is 5.30. The second-order valence-corrected chi connectivity index (χ2v) is 3.22. The van der Waals surface area contributed by atoms with Crippen LogP contribution in [-0.4, -0.2) is 37.1 Å². The molecule has 1 unspecified atom stereocenters. The van der Waals surface area contributed by atoms with E-state index in [0.717, 1.165) is 43.0 Å². The van der Waals surface area contributed by atoms with Crippen LogP contribution in [0.2, 0.25) is 0 Å². The van der Waals surface area contributed by atoms with Crippen molar-refractivity contribution >= 4 is 10.5 Å². The van der Waals surface area contributed by atoms with Crippen molar-refractivity contribution in [1.29, 1.82) is 0 Å². The van der Waals surface area contributed by atoms with Gasteiger partial charge in [-0.1, -0.05) is 6.92 Å². The average Bonchev–Trinajstić information content (AvgIpc) is 2.11. The predicted molar refractivity (Wildman–Crippen MR) is 52.2 cm³/mol. The van der Waals surface area contributed by atoms with Gasteiger partial charge in [0.25, 0.3) is 0 Å². The van der Waals surface area contributed by atoms with Gasteiger partial charge in [-0.2, -0.15) is 0 Å². The zero-order chi connectivity index (χ0) is 9.23. The van der Waals surface area contributed by atoms with Gasteiger partial charge >= 0.3 is 0 Å². The zero-order valence-electron chi connectivity index (χ0n) is 8.34. The standard InChI is InChI=1S/C8H20O3Si/c1-3-8(9-2)10-6-4-5-7-11-12/h8H,3-7H2,1-2,12H3. The van der Waals surface area contributed by atoms with Crippen molar-refractivity contribution in [2.75, 3.05) is 20.3 Å². The molecule has 0 aliphatic rings. The lowest BCUT2D eigenvalue weighted by atomic mass is 10.3. The van der Waals surface area contributed by atoms with Crippen LogP contribution in [-0.2, 0) is 13.9 Å².